The number of nitrogens with zero attached hydrogens (tertiary/aromatic N) is 2. The SMILES string of the molecule is Cc1ccc(S(=O)(=O)N2CCC[C@@H]2c2ccc(SC(C)C)nc2)cc1. The van der Waals surface area contributed by atoms with Crippen molar-refractivity contribution in [1.82, 2.24) is 9.29 Å². The lowest BCUT2D eigenvalue weighted by molar-refractivity contribution is 0.396. The van der Waals surface area contributed by atoms with E-state index in [2.05, 4.69) is 18.8 Å². The molecule has 1 aliphatic heterocycles. The summed E-state index contributed by atoms with van der Waals surface area (Å²) in [6.45, 7) is 6.78. The Bertz CT molecular complexity index is 816. The van der Waals surface area contributed by atoms with E-state index in [4.69, 9.17) is 0 Å². The van der Waals surface area contributed by atoms with E-state index in [1.165, 1.54) is 0 Å². The van der Waals surface area contributed by atoms with E-state index in [0.29, 0.717) is 16.7 Å². The van der Waals surface area contributed by atoms with E-state index >= 15 is 0 Å². The predicted molar refractivity (Wildman–Crippen MR) is 102 cm³/mol. The number of rotatable bonds is 5. The Labute approximate surface area is 154 Å². The van der Waals surface area contributed by atoms with Crippen LogP contribution in [0.5, 0.6) is 0 Å². The zero-order valence-corrected chi connectivity index (χ0v) is 16.5. The molecule has 3 rings (SSSR count). The number of hydrogen-bond acceptors (Lipinski definition) is 4. The topological polar surface area (TPSA) is 50.3 Å². The summed E-state index contributed by atoms with van der Waals surface area (Å²) < 4.78 is 27.7. The van der Waals surface area contributed by atoms with Crippen molar-refractivity contribution < 1.29 is 8.42 Å². The quantitative estimate of drug-likeness (QED) is 0.725. The molecule has 134 valence electrons. The average molecular weight is 377 g/mol. The normalized spacial score (nSPS) is 18.8. The molecule has 1 saturated heterocycles. The first-order valence-electron chi connectivity index (χ1n) is 8.59. The second-order valence-electron chi connectivity index (χ2n) is 6.68. The number of sulfonamides is 1. The van der Waals surface area contributed by atoms with E-state index in [1.54, 1.807) is 28.2 Å². The van der Waals surface area contributed by atoms with Crippen molar-refractivity contribution in [2.75, 3.05) is 6.54 Å². The number of pyridine rings is 1. The Morgan fingerprint density at radius 3 is 2.48 bits per heavy atom. The smallest absolute Gasteiger partial charge is 0.243 e. The summed E-state index contributed by atoms with van der Waals surface area (Å²) >= 11 is 1.71. The van der Waals surface area contributed by atoms with Crippen LogP contribution < -0.4 is 0 Å². The van der Waals surface area contributed by atoms with Gasteiger partial charge in [0, 0.05) is 18.0 Å². The minimum Gasteiger partial charge on any atom is -0.250 e. The number of aryl methyl sites for hydroxylation is 1. The second-order valence-corrected chi connectivity index (χ2v) is 10.2. The summed E-state index contributed by atoms with van der Waals surface area (Å²) in [6.07, 6.45) is 3.54. The van der Waals surface area contributed by atoms with Crippen LogP contribution in [0.25, 0.3) is 0 Å². The molecule has 1 atom stereocenters. The molecule has 25 heavy (non-hydrogen) atoms. The highest BCUT2D eigenvalue weighted by atomic mass is 32.2. The summed E-state index contributed by atoms with van der Waals surface area (Å²) in [5.74, 6) is 0. The molecular weight excluding hydrogens is 352 g/mol. The van der Waals surface area contributed by atoms with E-state index in [1.807, 2.05) is 37.4 Å². The van der Waals surface area contributed by atoms with Gasteiger partial charge in [-0.05, 0) is 43.5 Å². The van der Waals surface area contributed by atoms with Crippen molar-refractivity contribution >= 4 is 21.8 Å². The van der Waals surface area contributed by atoms with Crippen LogP contribution in [0.3, 0.4) is 0 Å². The van der Waals surface area contributed by atoms with Crippen molar-refractivity contribution in [3.8, 4) is 0 Å². The summed E-state index contributed by atoms with van der Waals surface area (Å²) in [4.78, 5) is 4.87. The van der Waals surface area contributed by atoms with Gasteiger partial charge in [-0.3, -0.25) is 0 Å². The van der Waals surface area contributed by atoms with Gasteiger partial charge in [0.2, 0.25) is 10.0 Å². The summed E-state index contributed by atoms with van der Waals surface area (Å²) in [5.41, 5.74) is 2.03. The third-order valence-corrected chi connectivity index (χ3v) is 7.21. The van der Waals surface area contributed by atoms with Crippen molar-refractivity contribution in [3.05, 3.63) is 53.7 Å². The first-order chi connectivity index (χ1) is 11.9. The Morgan fingerprint density at radius 2 is 1.88 bits per heavy atom. The largest absolute Gasteiger partial charge is 0.250 e. The van der Waals surface area contributed by atoms with E-state index in [-0.39, 0.29) is 6.04 Å². The third-order valence-electron chi connectivity index (χ3n) is 4.33. The molecule has 1 aromatic heterocycles. The van der Waals surface area contributed by atoms with Crippen molar-refractivity contribution in [3.63, 3.8) is 0 Å². The molecule has 1 aliphatic rings. The maximum atomic E-state index is 13.0. The maximum absolute atomic E-state index is 13.0. The Morgan fingerprint density at radius 1 is 1.16 bits per heavy atom. The molecule has 0 saturated carbocycles. The van der Waals surface area contributed by atoms with Gasteiger partial charge in [0.25, 0.3) is 0 Å². The van der Waals surface area contributed by atoms with Gasteiger partial charge in [-0.15, -0.1) is 11.8 Å². The Kier molecular flexibility index (Phi) is 5.51. The Hall–Kier alpha value is -1.37. The highest BCUT2D eigenvalue weighted by molar-refractivity contribution is 7.99. The van der Waals surface area contributed by atoms with Gasteiger partial charge in [-0.1, -0.05) is 37.6 Å². The molecule has 0 amide bonds. The maximum Gasteiger partial charge on any atom is 0.243 e. The summed E-state index contributed by atoms with van der Waals surface area (Å²) in [5, 5.41) is 1.45. The van der Waals surface area contributed by atoms with Gasteiger partial charge in [0.05, 0.1) is 16.0 Å². The lowest BCUT2D eigenvalue weighted by Gasteiger charge is -2.24. The molecule has 6 heteroatoms. The molecule has 1 fully saturated rings. The first-order valence-corrected chi connectivity index (χ1v) is 10.9. The molecule has 0 radical (unpaired) electrons. The third kappa shape index (κ3) is 4.07. The summed E-state index contributed by atoms with van der Waals surface area (Å²) in [7, 11) is -3.48. The van der Waals surface area contributed by atoms with Crippen LogP contribution in [-0.2, 0) is 10.0 Å². The Balaban J connectivity index is 1.86. The standard InChI is InChI=1S/C19H24N2O2S2/c1-14(2)24-19-11-8-16(13-20-19)18-5-4-12-21(18)25(22,23)17-9-6-15(3)7-10-17/h6-11,13-14,18H,4-5,12H2,1-3H3/t18-/m1/s1. The van der Waals surface area contributed by atoms with E-state index in [9.17, 15) is 8.42 Å². The van der Waals surface area contributed by atoms with E-state index in [0.717, 1.165) is 29.0 Å². The monoisotopic (exact) mass is 376 g/mol. The minimum atomic E-state index is -3.48. The van der Waals surface area contributed by atoms with Crippen LogP contribution >= 0.6 is 11.8 Å². The van der Waals surface area contributed by atoms with Crippen LogP contribution in [0.15, 0.2) is 52.5 Å². The molecule has 0 spiro atoms. The highest BCUT2D eigenvalue weighted by Gasteiger charge is 2.36. The molecule has 2 heterocycles. The number of hydrogen-bond donors (Lipinski definition) is 0. The van der Waals surface area contributed by atoms with Crippen LogP contribution in [0.1, 0.15) is 43.9 Å². The van der Waals surface area contributed by atoms with Gasteiger partial charge >= 0.3 is 0 Å². The molecule has 2 aromatic rings. The van der Waals surface area contributed by atoms with Crippen molar-refractivity contribution in [2.24, 2.45) is 0 Å². The van der Waals surface area contributed by atoms with Gasteiger partial charge in [-0.25, -0.2) is 13.4 Å². The van der Waals surface area contributed by atoms with Gasteiger partial charge in [0.1, 0.15) is 0 Å². The molecule has 0 unspecified atom stereocenters. The van der Waals surface area contributed by atoms with Crippen molar-refractivity contribution in [2.45, 2.75) is 54.8 Å². The summed E-state index contributed by atoms with van der Waals surface area (Å²) in [6, 6.07) is 11.0. The molecule has 0 aliphatic carbocycles. The van der Waals surface area contributed by atoms with Crippen molar-refractivity contribution in [1.29, 1.82) is 0 Å². The molecular formula is C19H24N2O2S2. The molecule has 0 N–H and O–H groups in total. The fourth-order valence-corrected chi connectivity index (χ4v) is 5.53. The lowest BCUT2D eigenvalue weighted by Crippen LogP contribution is -2.30. The number of thioether (sulfide) groups is 1. The fourth-order valence-electron chi connectivity index (χ4n) is 3.11. The van der Waals surface area contributed by atoms with Crippen LogP contribution in [-0.4, -0.2) is 29.5 Å². The van der Waals surface area contributed by atoms with Crippen LogP contribution in [0.2, 0.25) is 0 Å². The highest BCUT2D eigenvalue weighted by Crippen LogP contribution is 2.36. The van der Waals surface area contributed by atoms with E-state index < -0.39 is 10.0 Å². The minimum absolute atomic E-state index is 0.128. The number of aromatic nitrogens is 1. The van der Waals surface area contributed by atoms with Crippen LogP contribution in [0.4, 0.5) is 0 Å². The molecule has 0 bridgehead atoms. The zero-order chi connectivity index (χ0) is 18.0. The predicted octanol–water partition coefficient (Wildman–Crippen LogP) is 4.42. The second kappa shape index (κ2) is 7.48. The zero-order valence-electron chi connectivity index (χ0n) is 14.8. The average Bonchev–Trinajstić information content (AvgIpc) is 3.06. The fraction of sp³-hybridized carbons (Fsp3) is 0.421. The molecule has 1 aromatic carbocycles. The van der Waals surface area contributed by atoms with Gasteiger partial charge in [-0.2, -0.15) is 4.31 Å². The van der Waals surface area contributed by atoms with Crippen LogP contribution in [0, 0.1) is 6.92 Å². The van der Waals surface area contributed by atoms with Gasteiger partial charge in [0.15, 0.2) is 0 Å². The lowest BCUT2D eigenvalue weighted by atomic mass is 10.1. The first kappa shape index (κ1) is 18.4. The number of benzene rings is 1. The molecule has 4 nitrogen and oxygen atoms in total. The van der Waals surface area contributed by atoms with Gasteiger partial charge < -0.3 is 0 Å².